The van der Waals surface area contributed by atoms with Crippen molar-refractivity contribution in [3.05, 3.63) is 179 Å². The highest BCUT2D eigenvalue weighted by Gasteiger charge is 2.45. The first-order valence-electron chi connectivity index (χ1n) is 24.4. The highest BCUT2D eigenvalue weighted by atomic mass is 32.3. The second-order valence-corrected chi connectivity index (χ2v) is 31.8. The molecule has 0 aliphatic heterocycles. The highest BCUT2D eigenvalue weighted by molar-refractivity contribution is 8.04. The van der Waals surface area contributed by atoms with Crippen LogP contribution in [0.25, 0.3) is 0 Å². The molecule has 0 unspecified atom stereocenters. The van der Waals surface area contributed by atoms with Gasteiger partial charge in [-0.1, -0.05) is 197 Å². The first-order chi connectivity index (χ1) is 33.0. The zero-order valence-electron chi connectivity index (χ0n) is 46.2. The van der Waals surface area contributed by atoms with Crippen LogP contribution < -0.4 is 0 Å². The SMILES string of the molecule is CC(C)(C)c1ccc([S+](c2ccc(C(C)(C)C)cc2)c2ccc(C(C)(C)C)cc2)cc1.CC(C)(C)c1ccc([S+](c2ccc(C(C)(C)C)cc2)c2ccc(C(C)(C)C)cc2)cc1.O=S(=O)([O-])C(F)(F)S(=O)(=O)[O-]. The van der Waals surface area contributed by atoms with E-state index in [1.54, 1.807) is 0 Å². The summed E-state index contributed by atoms with van der Waals surface area (Å²) in [4.78, 5) is 8.25. The maximum Gasteiger partial charge on any atom is 0.422 e. The molecule has 0 amide bonds. The van der Waals surface area contributed by atoms with Crippen LogP contribution in [0.2, 0.25) is 0 Å². The summed E-state index contributed by atoms with van der Waals surface area (Å²) < 4.78 is 74.0. The molecule has 0 heterocycles. The normalized spacial score (nSPS) is 13.3. The highest BCUT2D eigenvalue weighted by Crippen LogP contribution is 2.38. The van der Waals surface area contributed by atoms with Gasteiger partial charge in [0.25, 0.3) is 0 Å². The number of hydrogen-bond donors (Lipinski definition) is 0. The van der Waals surface area contributed by atoms with Crippen LogP contribution in [-0.2, 0) is 74.5 Å². The molecule has 396 valence electrons. The van der Waals surface area contributed by atoms with Crippen molar-refractivity contribution >= 4 is 42.0 Å². The van der Waals surface area contributed by atoms with Crippen LogP contribution in [-0.4, -0.2) is 30.5 Å². The lowest BCUT2D eigenvalue weighted by molar-refractivity contribution is 0.150. The minimum absolute atomic E-state index is 0.120. The minimum atomic E-state index is -6.44. The molecule has 73 heavy (non-hydrogen) atoms. The van der Waals surface area contributed by atoms with E-state index in [2.05, 4.69) is 270 Å². The van der Waals surface area contributed by atoms with Crippen LogP contribution in [0, 0.1) is 0 Å². The second-order valence-electron chi connectivity index (χ2n) is 24.6. The summed E-state index contributed by atoms with van der Waals surface area (Å²) >= 11 is 0. The maximum absolute atomic E-state index is 11.6. The van der Waals surface area contributed by atoms with E-state index in [0.29, 0.717) is 0 Å². The van der Waals surface area contributed by atoms with Gasteiger partial charge in [0, 0.05) is 0 Å². The number of hydrogen-bond acceptors (Lipinski definition) is 6. The molecule has 6 aromatic carbocycles. The molecule has 6 nitrogen and oxygen atoms in total. The largest absolute Gasteiger partial charge is 0.743 e. The van der Waals surface area contributed by atoms with E-state index < -0.39 is 24.8 Å². The third-order valence-electron chi connectivity index (χ3n) is 12.3. The van der Waals surface area contributed by atoms with Gasteiger partial charge in [0.2, 0.25) is 0 Å². The summed E-state index contributed by atoms with van der Waals surface area (Å²) in [5.74, 6) is 0. The Balaban J connectivity index is 0.000000263. The third kappa shape index (κ3) is 16.3. The second kappa shape index (κ2) is 22.5. The maximum atomic E-state index is 11.6. The number of benzene rings is 6. The van der Waals surface area contributed by atoms with Crippen molar-refractivity contribution < 1.29 is 34.7 Å². The summed E-state index contributed by atoms with van der Waals surface area (Å²) in [5.41, 5.74) is 9.28. The Hall–Kier alpha value is -4.30. The van der Waals surface area contributed by atoms with Crippen LogP contribution in [0.5, 0.6) is 0 Å². The molecule has 0 atom stereocenters. The van der Waals surface area contributed by atoms with Crippen LogP contribution >= 0.6 is 0 Å². The molecule has 0 aliphatic carbocycles. The van der Waals surface area contributed by atoms with Crippen molar-refractivity contribution in [2.24, 2.45) is 0 Å². The lowest BCUT2D eigenvalue weighted by Crippen LogP contribution is -2.37. The van der Waals surface area contributed by atoms with E-state index in [4.69, 9.17) is 0 Å². The minimum Gasteiger partial charge on any atom is -0.743 e. The molecule has 0 fully saturated rings. The average molecular weight is 1070 g/mol. The fourth-order valence-electron chi connectivity index (χ4n) is 7.49. The molecule has 0 saturated carbocycles. The standard InChI is InChI=1S/2C30H39S.CH2F2O6S2/c2*1-28(2,3)22-10-16-25(17-11-22)31(26-18-12-23(13-19-26)29(4,5)6)27-20-14-24(15-21-27)30(7,8)9;2-1(3,10(4,5)6)11(7,8)9/h2*10-21H,1-9H3;(H,4,5,6)(H,7,8,9)/q2*+1;/p-2. The quantitative estimate of drug-likeness (QED) is 0.111. The van der Waals surface area contributed by atoms with Gasteiger partial charge in [0.15, 0.2) is 49.6 Å². The van der Waals surface area contributed by atoms with Gasteiger partial charge in [-0.15, -0.1) is 0 Å². The Morgan fingerprint density at radius 2 is 0.384 bits per heavy atom. The van der Waals surface area contributed by atoms with Crippen molar-refractivity contribution in [1.29, 1.82) is 0 Å². The predicted molar refractivity (Wildman–Crippen MR) is 300 cm³/mol. The van der Waals surface area contributed by atoms with E-state index in [1.165, 1.54) is 62.8 Å². The van der Waals surface area contributed by atoms with Crippen molar-refractivity contribution in [2.75, 3.05) is 0 Å². The topological polar surface area (TPSA) is 114 Å². The van der Waals surface area contributed by atoms with E-state index in [1.807, 2.05) is 0 Å². The van der Waals surface area contributed by atoms with Gasteiger partial charge < -0.3 is 9.11 Å². The number of alkyl halides is 2. The summed E-state index contributed by atoms with van der Waals surface area (Å²) in [6, 6.07) is 55.7. The summed E-state index contributed by atoms with van der Waals surface area (Å²) in [6.07, 6.45) is 0. The van der Waals surface area contributed by atoms with E-state index >= 15 is 0 Å². The van der Waals surface area contributed by atoms with Gasteiger partial charge in [-0.05, 0) is 139 Å². The van der Waals surface area contributed by atoms with E-state index in [-0.39, 0.29) is 54.3 Å². The van der Waals surface area contributed by atoms with Gasteiger partial charge >= 0.3 is 4.59 Å². The molecule has 0 spiro atoms. The van der Waals surface area contributed by atoms with Crippen molar-refractivity contribution in [1.82, 2.24) is 0 Å². The predicted octanol–water partition coefficient (Wildman–Crippen LogP) is 16.0. The molecule has 0 N–H and O–H groups in total. The Labute approximate surface area is 444 Å². The number of rotatable bonds is 8. The molecular formula is C61H78F2O6S4. The zero-order chi connectivity index (χ0) is 55.6. The monoisotopic (exact) mass is 1070 g/mol. The first-order valence-corrected chi connectivity index (χ1v) is 29.7. The molecule has 6 aromatic rings. The lowest BCUT2D eigenvalue weighted by Gasteiger charge is -2.21. The fraction of sp³-hybridized carbons (Fsp3) is 0.410. The van der Waals surface area contributed by atoms with Crippen LogP contribution in [0.1, 0.15) is 158 Å². The third-order valence-corrected chi connectivity index (χ3v) is 19.2. The van der Waals surface area contributed by atoms with Gasteiger partial charge in [-0.2, -0.15) is 8.78 Å². The number of halogens is 2. The van der Waals surface area contributed by atoms with Gasteiger partial charge in [0.05, 0.1) is 21.8 Å². The fourth-order valence-corrected chi connectivity index (χ4v) is 12.6. The summed E-state index contributed by atoms with van der Waals surface area (Å²) in [7, 11) is -13.1. The molecule has 0 aliphatic rings. The van der Waals surface area contributed by atoms with Crippen molar-refractivity contribution in [3.63, 3.8) is 0 Å². The molecular weight excluding hydrogens is 995 g/mol. The van der Waals surface area contributed by atoms with Crippen LogP contribution in [0.15, 0.2) is 175 Å². The van der Waals surface area contributed by atoms with Crippen molar-refractivity contribution in [3.8, 4) is 0 Å². The van der Waals surface area contributed by atoms with Gasteiger partial charge in [0.1, 0.15) is 0 Å². The Morgan fingerprint density at radius 3 is 0.452 bits per heavy atom. The molecule has 6 rings (SSSR count). The summed E-state index contributed by atoms with van der Waals surface area (Å²) in [5, 5.41) is 0. The summed E-state index contributed by atoms with van der Waals surface area (Å²) in [6.45, 7) is 41.0. The van der Waals surface area contributed by atoms with Gasteiger partial charge in [-0.3, -0.25) is 0 Å². The Kier molecular flexibility index (Phi) is 18.9. The lowest BCUT2D eigenvalue weighted by atomic mass is 9.87. The Bertz CT molecular complexity index is 2480. The van der Waals surface area contributed by atoms with E-state index in [9.17, 15) is 34.7 Å². The molecule has 12 heteroatoms. The smallest absolute Gasteiger partial charge is 0.422 e. The Morgan fingerprint density at radius 1 is 0.274 bits per heavy atom. The first kappa shape index (κ1) is 61.2. The van der Waals surface area contributed by atoms with E-state index in [0.717, 1.165) is 0 Å². The van der Waals surface area contributed by atoms with Crippen LogP contribution in [0.3, 0.4) is 0 Å². The molecule has 0 radical (unpaired) electrons. The molecule has 0 aromatic heterocycles. The van der Waals surface area contributed by atoms with Crippen molar-refractivity contribution in [2.45, 2.75) is 191 Å². The average Bonchev–Trinajstić information content (AvgIpc) is 3.26. The molecule has 0 bridgehead atoms. The molecule has 0 saturated heterocycles. The van der Waals surface area contributed by atoms with Crippen LogP contribution in [0.4, 0.5) is 8.78 Å². The van der Waals surface area contributed by atoms with Gasteiger partial charge in [-0.25, -0.2) is 16.8 Å². The zero-order valence-corrected chi connectivity index (χ0v) is 49.5.